The van der Waals surface area contributed by atoms with Crippen molar-refractivity contribution in [3.63, 3.8) is 0 Å². The molecule has 186 valence electrons. The molecule has 1 atom stereocenters. The van der Waals surface area contributed by atoms with Crippen molar-refractivity contribution in [2.75, 3.05) is 25.1 Å². The van der Waals surface area contributed by atoms with Gasteiger partial charge in [-0.05, 0) is 24.3 Å². The second kappa shape index (κ2) is 10.2. The minimum atomic E-state index is -4.22. The van der Waals surface area contributed by atoms with Gasteiger partial charge >= 0.3 is 6.09 Å². The van der Waals surface area contributed by atoms with Crippen molar-refractivity contribution in [3.8, 4) is 17.2 Å². The summed E-state index contributed by atoms with van der Waals surface area (Å²) in [7, 11) is -1.21. The standard InChI is InChI=1S/C22H22ClN3O7S2/c1-31-15-7-6-14(17(12-15)32-2)13-26(21-24-9-11-34-21)35(29,30)18-5-3-4-16(20(18)23)33-19-8-10-25(19)22(27)28/h3-7,9,11-12,19H,8,10,13H2,1-2H3,(H,27,28). The maximum absolute atomic E-state index is 13.9. The van der Waals surface area contributed by atoms with Crippen LogP contribution in [-0.4, -0.2) is 56.5 Å². The van der Waals surface area contributed by atoms with Gasteiger partial charge < -0.3 is 19.3 Å². The molecule has 4 rings (SSSR count). The van der Waals surface area contributed by atoms with E-state index in [0.717, 1.165) is 20.5 Å². The molecule has 2 aromatic carbocycles. The van der Waals surface area contributed by atoms with E-state index in [2.05, 4.69) is 4.98 Å². The first-order valence-electron chi connectivity index (χ1n) is 10.3. The Labute approximate surface area is 211 Å². The van der Waals surface area contributed by atoms with Gasteiger partial charge in [0.25, 0.3) is 10.0 Å². The molecule has 0 spiro atoms. The minimum Gasteiger partial charge on any atom is -0.497 e. The Morgan fingerprint density at radius 2 is 2.06 bits per heavy atom. The van der Waals surface area contributed by atoms with E-state index < -0.39 is 22.3 Å². The molecule has 1 aliphatic rings. The number of aromatic nitrogens is 1. The molecular formula is C22H22ClN3O7S2. The summed E-state index contributed by atoms with van der Waals surface area (Å²) in [4.78, 5) is 16.4. The monoisotopic (exact) mass is 539 g/mol. The van der Waals surface area contributed by atoms with Crippen LogP contribution < -0.4 is 18.5 Å². The Morgan fingerprint density at radius 3 is 2.66 bits per heavy atom. The van der Waals surface area contributed by atoms with Crippen LogP contribution in [0.3, 0.4) is 0 Å². The predicted octanol–water partition coefficient (Wildman–Crippen LogP) is 4.30. The van der Waals surface area contributed by atoms with E-state index >= 15 is 0 Å². The fourth-order valence-electron chi connectivity index (χ4n) is 3.48. The summed E-state index contributed by atoms with van der Waals surface area (Å²) in [6.07, 6.45) is 0.125. The van der Waals surface area contributed by atoms with Crippen LogP contribution in [-0.2, 0) is 16.6 Å². The van der Waals surface area contributed by atoms with E-state index in [9.17, 15) is 18.3 Å². The number of ether oxygens (including phenoxy) is 3. The lowest BCUT2D eigenvalue weighted by atomic mass is 10.2. The van der Waals surface area contributed by atoms with Gasteiger partial charge in [0.1, 0.15) is 27.2 Å². The van der Waals surface area contributed by atoms with E-state index in [1.807, 2.05) is 0 Å². The van der Waals surface area contributed by atoms with Gasteiger partial charge in [0.05, 0.1) is 20.8 Å². The Morgan fingerprint density at radius 1 is 1.26 bits per heavy atom. The number of rotatable bonds is 9. The summed E-state index contributed by atoms with van der Waals surface area (Å²) in [6, 6.07) is 9.44. The number of sulfonamides is 1. The van der Waals surface area contributed by atoms with Gasteiger partial charge in [-0.15, -0.1) is 11.3 Å². The molecule has 1 aromatic heterocycles. The molecule has 0 bridgehead atoms. The molecule has 10 nitrogen and oxygen atoms in total. The highest BCUT2D eigenvalue weighted by molar-refractivity contribution is 7.93. The van der Waals surface area contributed by atoms with Crippen molar-refractivity contribution in [2.24, 2.45) is 0 Å². The Bertz CT molecular complexity index is 1320. The van der Waals surface area contributed by atoms with Gasteiger partial charge in [0.15, 0.2) is 11.4 Å². The fourth-order valence-corrected chi connectivity index (χ4v) is 6.29. The summed E-state index contributed by atoms with van der Waals surface area (Å²) in [5.74, 6) is 1.08. The molecule has 1 amide bonds. The van der Waals surface area contributed by atoms with Crippen LogP contribution in [0.1, 0.15) is 12.0 Å². The number of hydrogen-bond acceptors (Lipinski definition) is 8. The SMILES string of the molecule is COc1ccc(CN(c2nccs2)S(=O)(=O)c2cccc(OC3CCN3C(=O)O)c2Cl)c(OC)c1. The maximum Gasteiger partial charge on any atom is 0.410 e. The van der Waals surface area contributed by atoms with Crippen LogP contribution >= 0.6 is 22.9 Å². The van der Waals surface area contributed by atoms with Crippen LogP contribution in [0.25, 0.3) is 0 Å². The van der Waals surface area contributed by atoms with Crippen LogP contribution in [0.15, 0.2) is 52.9 Å². The van der Waals surface area contributed by atoms with Crippen molar-refractivity contribution in [1.29, 1.82) is 0 Å². The molecule has 1 aliphatic heterocycles. The molecule has 1 N–H and O–H groups in total. The average molecular weight is 540 g/mol. The molecule has 0 aliphatic carbocycles. The summed E-state index contributed by atoms with van der Waals surface area (Å²) in [6.45, 7) is 0.247. The number of thiazole rings is 1. The number of hydrogen-bond donors (Lipinski definition) is 1. The number of methoxy groups -OCH3 is 2. The Balaban J connectivity index is 1.71. The number of carbonyl (C=O) groups is 1. The molecule has 1 saturated heterocycles. The fraction of sp³-hybridized carbons (Fsp3) is 0.273. The second-order valence-corrected chi connectivity index (χ2v) is 10.5. The average Bonchev–Trinajstić information content (AvgIpc) is 3.34. The summed E-state index contributed by atoms with van der Waals surface area (Å²) < 4.78 is 45.2. The van der Waals surface area contributed by atoms with E-state index in [1.54, 1.807) is 23.6 Å². The molecule has 0 radical (unpaired) electrons. The molecule has 35 heavy (non-hydrogen) atoms. The van der Waals surface area contributed by atoms with Crippen molar-refractivity contribution >= 4 is 44.2 Å². The third-order valence-electron chi connectivity index (χ3n) is 5.41. The summed E-state index contributed by atoms with van der Waals surface area (Å²) in [5.41, 5.74) is 0.585. The highest BCUT2D eigenvalue weighted by atomic mass is 35.5. The molecule has 3 aromatic rings. The Kier molecular flexibility index (Phi) is 7.24. The number of amides is 1. The second-order valence-electron chi connectivity index (χ2n) is 7.41. The van der Waals surface area contributed by atoms with Crippen molar-refractivity contribution in [1.82, 2.24) is 9.88 Å². The molecule has 2 heterocycles. The largest absolute Gasteiger partial charge is 0.497 e. The first-order chi connectivity index (χ1) is 16.8. The normalized spacial score (nSPS) is 15.3. The highest BCUT2D eigenvalue weighted by Crippen LogP contribution is 2.38. The maximum atomic E-state index is 13.9. The summed E-state index contributed by atoms with van der Waals surface area (Å²) >= 11 is 7.65. The summed E-state index contributed by atoms with van der Waals surface area (Å²) in [5, 5.41) is 11.0. The topological polar surface area (TPSA) is 118 Å². The van der Waals surface area contributed by atoms with Gasteiger partial charge in [-0.25, -0.2) is 22.5 Å². The minimum absolute atomic E-state index is 0.0739. The van der Waals surface area contributed by atoms with E-state index in [4.69, 9.17) is 25.8 Å². The van der Waals surface area contributed by atoms with Crippen molar-refractivity contribution in [2.45, 2.75) is 24.1 Å². The molecular weight excluding hydrogens is 518 g/mol. The molecule has 1 fully saturated rings. The number of anilines is 1. The first-order valence-corrected chi connectivity index (χ1v) is 13.0. The molecule has 0 saturated carbocycles. The van der Waals surface area contributed by atoms with Crippen LogP contribution in [0, 0.1) is 0 Å². The van der Waals surface area contributed by atoms with Crippen molar-refractivity contribution in [3.05, 3.63) is 58.6 Å². The number of halogens is 1. The number of nitrogens with zero attached hydrogens (tertiary/aromatic N) is 3. The third kappa shape index (κ3) is 4.95. The van der Waals surface area contributed by atoms with E-state index in [1.165, 1.54) is 38.6 Å². The van der Waals surface area contributed by atoms with Gasteiger partial charge in [-0.2, -0.15) is 0 Å². The van der Waals surface area contributed by atoms with Gasteiger partial charge in [0, 0.05) is 36.2 Å². The lowest BCUT2D eigenvalue weighted by molar-refractivity contribution is -0.0373. The van der Waals surface area contributed by atoms with Gasteiger partial charge in [0.2, 0.25) is 0 Å². The van der Waals surface area contributed by atoms with E-state index in [0.29, 0.717) is 30.0 Å². The predicted molar refractivity (Wildman–Crippen MR) is 130 cm³/mol. The van der Waals surface area contributed by atoms with Crippen LogP contribution in [0.4, 0.5) is 9.93 Å². The molecule has 1 unspecified atom stereocenters. The quantitative estimate of drug-likeness (QED) is 0.427. The first kappa shape index (κ1) is 24.9. The number of likely N-dealkylation sites (tertiary alicyclic amines) is 1. The zero-order valence-electron chi connectivity index (χ0n) is 18.8. The zero-order valence-corrected chi connectivity index (χ0v) is 21.1. The Hall–Kier alpha value is -3.22. The lowest BCUT2D eigenvalue weighted by Crippen LogP contribution is -2.53. The van der Waals surface area contributed by atoms with Crippen LogP contribution in [0.5, 0.6) is 17.2 Å². The van der Waals surface area contributed by atoms with E-state index in [-0.39, 0.29) is 27.3 Å². The lowest BCUT2D eigenvalue weighted by Gasteiger charge is -2.38. The third-order valence-corrected chi connectivity index (χ3v) is 8.60. The zero-order chi connectivity index (χ0) is 25.2. The number of benzene rings is 2. The smallest absolute Gasteiger partial charge is 0.410 e. The molecule has 13 heteroatoms. The van der Waals surface area contributed by atoms with Gasteiger partial charge in [-0.3, -0.25) is 4.90 Å². The number of carboxylic acid groups (broad SMARTS) is 1. The highest BCUT2D eigenvalue weighted by Gasteiger charge is 2.36. The van der Waals surface area contributed by atoms with Gasteiger partial charge in [-0.1, -0.05) is 17.7 Å². The van der Waals surface area contributed by atoms with Crippen molar-refractivity contribution < 1.29 is 32.5 Å². The van der Waals surface area contributed by atoms with Crippen LogP contribution in [0.2, 0.25) is 5.02 Å².